The van der Waals surface area contributed by atoms with Gasteiger partial charge in [-0.3, -0.25) is 9.89 Å². The molecule has 84 valence electrons. The molecule has 1 amide bonds. The summed E-state index contributed by atoms with van der Waals surface area (Å²) in [6, 6.07) is 1.71. The van der Waals surface area contributed by atoms with Gasteiger partial charge in [0.05, 0.1) is 0 Å². The molecule has 0 aromatic carbocycles. The number of nitrogens with zero attached hydrogens (tertiary/aromatic N) is 1. The minimum Gasteiger partial charge on any atom is -0.396 e. The molecule has 0 aliphatic heterocycles. The van der Waals surface area contributed by atoms with Crippen LogP contribution < -0.4 is 5.32 Å². The van der Waals surface area contributed by atoms with Crippen LogP contribution in [0.25, 0.3) is 0 Å². The van der Waals surface area contributed by atoms with E-state index in [9.17, 15) is 4.79 Å². The Morgan fingerprint density at radius 2 is 2.47 bits per heavy atom. The highest BCUT2D eigenvalue weighted by molar-refractivity contribution is 5.92. The number of aromatic amines is 1. The number of hydrogen-bond donors (Lipinski definition) is 3. The Balaban J connectivity index is 2.54. The molecule has 0 saturated heterocycles. The molecule has 1 heterocycles. The summed E-state index contributed by atoms with van der Waals surface area (Å²) in [4.78, 5) is 11.6. The second-order valence-corrected chi connectivity index (χ2v) is 3.53. The molecule has 5 nitrogen and oxygen atoms in total. The molecule has 0 fully saturated rings. The first-order chi connectivity index (χ1) is 7.17. The molecule has 1 unspecified atom stereocenters. The van der Waals surface area contributed by atoms with Crippen molar-refractivity contribution in [2.75, 3.05) is 6.61 Å². The van der Waals surface area contributed by atoms with E-state index in [1.165, 1.54) is 0 Å². The molecule has 1 aromatic heterocycles. The molecular formula is C10H17N3O2. The number of H-pyrrole nitrogens is 1. The Kier molecular flexibility index (Phi) is 4.30. The number of aryl methyl sites for hydroxylation is 1. The van der Waals surface area contributed by atoms with Crippen LogP contribution in [0.5, 0.6) is 0 Å². The van der Waals surface area contributed by atoms with Gasteiger partial charge >= 0.3 is 0 Å². The van der Waals surface area contributed by atoms with Gasteiger partial charge in [-0.25, -0.2) is 0 Å². The Bertz CT molecular complexity index is 322. The van der Waals surface area contributed by atoms with E-state index in [4.69, 9.17) is 5.11 Å². The predicted molar refractivity (Wildman–Crippen MR) is 56.6 cm³/mol. The Hall–Kier alpha value is -1.36. The van der Waals surface area contributed by atoms with Crippen LogP contribution in [0.2, 0.25) is 0 Å². The van der Waals surface area contributed by atoms with Crippen LogP contribution >= 0.6 is 0 Å². The summed E-state index contributed by atoms with van der Waals surface area (Å²) in [5.74, 6) is -0.195. The van der Waals surface area contributed by atoms with Crippen molar-refractivity contribution in [1.82, 2.24) is 15.5 Å². The molecule has 0 aliphatic rings. The van der Waals surface area contributed by atoms with Crippen molar-refractivity contribution >= 4 is 5.91 Å². The maximum Gasteiger partial charge on any atom is 0.271 e. The number of carbonyl (C=O) groups excluding carboxylic acids is 1. The fraction of sp³-hybridized carbons (Fsp3) is 0.600. The molecule has 0 radical (unpaired) electrons. The fourth-order valence-corrected chi connectivity index (χ4v) is 1.33. The van der Waals surface area contributed by atoms with Gasteiger partial charge in [-0.2, -0.15) is 5.10 Å². The highest BCUT2D eigenvalue weighted by atomic mass is 16.3. The summed E-state index contributed by atoms with van der Waals surface area (Å²) in [5, 5.41) is 18.2. The van der Waals surface area contributed by atoms with E-state index in [1.807, 2.05) is 13.8 Å². The molecule has 3 N–H and O–H groups in total. The van der Waals surface area contributed by atoms with Crippen LogP contribution in [0.3, 0.4) is 0 Å². The second-order valence-electron chi connectivity index (χ2n) is 3.53. The van der Waals surface area contributed by atoms with E-state index < -0.39 is 0 Å². The first-order valence-corrected chi connectivity index (χ1v) is 5.11. The zero-order chi connectivity index (χ0) is 11.3. The van der Waals surface area contributed by atoms with E-state index in [-0.39, 0.29) is 18.6 Å². The van der Waals surface area contributed by atoms with Crippen LogP contribution in [0, 0.1) is 6.92 Å². The third-order valence-electron chi connectivity index (χ3n) is 2.24. The number of nitrogens with one attached hydrogen (secondary N) is 2. The SMILES string of the molecule is CCC(CCO)NC(=O)c1cc(C)[nH]n1. The van der Waals surface area contributed by atoms with Gasteiger partial charge in [0.2, 0.25) is 0 Å². The van der Waals surface area contributed by atoms with Crippen LogP contribution in [-0.4, -0.2) is 33.9 Å². The number of rotatable bonds is 5. The fourth-order valence-electron chi connectivity index (χ4n) is 1.33. The minimum absolute atomic E-state index is 0.0134. The first-order valence-electron chi connectivity index (χ1n) is 5.11. The Morgan fingerprint density at radius 1 is 1.73 bits per heavy atom. The van der Waals surface area contributed by atoms with E-state index in [0.717, 1.165) is 12.1 Å². The number of amides is 1. The third kappa shape index (κ3) is 3.36. The molecule has 0 aliphatic carbocycles. The topological polar surface area (TPSA) is 78.0 Å². The molecule has 0 spiro atoms. The summed E-state index contributed by atoms with van der Waals surface area (Å²) in [5.41, 5.74) is 1.25. The first kappa shape index (κ1) is 11.7. The van der Waals surface area contributed by atoms with Gasteiger partial charge in [-0.1, -0.05) is 6.92 Å². The predicted octanol–water partition coefficient (Wildman–Crippen LogP) is 0.609. The molecule has 1 rings (SSSR count). The molecule has 0 saturated carbocycles. The van der Waals surface area contributed by atoms with Crippen molar-refractivity contribution in [3.8, 4) is 0 Å². The van der Waals surface area contributed by atoms with Crippen LogP contribution in [-0.2, 0) is 0 Å². The van der Waals surface area contributed by atoms with E-state index >= 15 is 0 Å². The lowest BCUT2D eigenvalue weighted by Crippen LogP contribution is -2.35. The molecule has 1 aromatic rings. The van der Waals surface area contributed by atoms with Gasteiger partial charge in [-0.15, -0.1) is 0 Å². The van der Waals surface area contributed by atoms with Gasteiger partial charge in [0.1, 0.15) is 5.69 Å². The van der Waals surface area contributed by atoms with Crippen LogP contribution in [0.1, 0.15) is 35.9 Å². The smallest absolute Gasteiger partial charge is 0.271 e. The normalized spacial score (nSPS) is 12.5. The maximum absolute atomic E-state index is 11.6. The van der Waals surface area contributed by atoms with Crippen molar-refractivity contribution < 1.29 is 9.90 Å². The summed E-state index contributed by atoms with van der Waals surface area (Å²) >= 11 is 0. The van der Waals surface area contributed by atoms with Crippen molar-refractivity contribution in [3.63, 3.8) is 0 Å². The average molecular weight is 211 g/mol. The summed E-state index contributed by atoms with van der Waals surface area (Å²) < 4.78 is 0. The van der Waals surface area contributed by atoms with Crippen molar-refractivity contribution in [1.29, 1.82) is 0 Å². The lowest BCUT2D eigenvalue weighted by molar-refractivity contribution is 0.0924. The zero-order valence-corrected chi connectivity index (χ0v) is 9.08. The summed E-state index contributed by atoms with van der Waals surface area (Å²) in [7, 11) is 0. The Morgan fingerprint density at radius 3 is 2.93 bits per heavy atom. The maximum atomic E-state index is 11.6. The van der Waals surface area contributed by atoms with Crippen LogP contribution in [0.4, 0.5) is 0 Å². The highest BCUT2D eigenvalue weighted by Gasteiger charge is 2.13. The van der Waals surface area contributed by atoms with Crippen LogP contribution in [0.15, 0.2) is 6.07 Å². The zero-order valence-electron chi connectivity index (χ0n) is 9.08. The molecule has 0 bridgehead atoms. The molecular weight excluding hydrogens is 194 g/mol. The quantitative estimate of drug-likeness (QED) is 0.667. The van der Waals surface area contributed by atoms with Gasteiger partial charge in [-0.05, 0) is 25.8 Å². The van der Waals surface area contributed by atoms with Gasteiger partial charge in [0.25, 0.3) is 5.91 Å². The number of aliphatic hydroxyl groups is 1. The summed E-state index contributed by atoms with van der Waals surface area (Å²) in [6.07, 6.45) is 1.38. The minimum atomic E-state index is -0.195. The number of hydrogen-bond acceptors (Lipinski definition) is 3. The number of aliphatic hydroxyl groups excluding tert-OH is 1. The average Bonchev–Trinajstić information content (AvgIpc) is 2.64. The van der Waals surface area contributed by atoms with Crippen molar-refractivity contribution in [2.45, 2.75) is 32.7 Å². The number of carbonyl (C=O) groups is 1. The number of aromatic nitrogens is 2. The highest BCUT2D eigenvalue weighted by Crippen LogP contribution is 2.01. The van der Waals surface area contributed by atoms with E-state index in [0.29, 0.717) is 12.1 Å². The monoisotopic (exact) mass is 211 g/mol. The molecule has 1 atom stereocenters. The van der Waals surface area contributed by atoms with Gasteiger partial charge < -0.3 is 10.4 Å². The van der Waals surface area contributed by atoms with Crippen molar-refractivity contribution in [3.05, 3.63) is 17.5 Å². The lowest BCUT2D eigenvalue weighted by atomic mass is 10.1. The van der Waals surface area contributed by atoms with Gasteiger partial charge in [0.15, 0.2) is 0 Å². The largest absolute Gasteiger partial charge is 0.396 e. The van der Waals surface area contributed by atoms with Gasteiger partial charge in [0, 0.05) is 18.3 Å². The molecule has 15 heavy (non-hydrogen) atoms. The molecule has 5 heteroatoms. The van der Waals surface area contributed by atoms with Crippen molar-refractivity contribution in [2.24, 2.45) is 0 Å². The van der Waals surface area contributed by atoms with E-state index in [2.05, 4.69) is 15.5 Å². The third-order valence-corrected chi connectivity index (χ3v) is 2.24. The summed E-state index contributed by atoms with van der Waals surface area (Å²) in [6.45, 7) is 3.89. The van der Waals surface area contributed by atoms with E-state index in [1.54, 1.807) is 6.07 Å². The lowest BCUT2D eigenvalue weighted by Gasteiger charge is -2.14. The second kappa shape index (κ2) is 5.50. The standard InChI is InChI=1S/C10H17N3O2/c1-3-8(4-5-14)11-10(15)9-6-7(2)12-13-9/h6,8,14H,3-5H2,1-2H3,(H,11,15)(H,12,13). The Labute approximate surface area is 88.9 Å².